The van der Waals surface area contributed by atoms with E-state index in [2.05, 4.69) is 11.9 Å². The maximum absolute atomic E-state index is 9.54. The van der Waals surface area contributed by atoms with Gasteiger partial charge in [0.15, 0.2) is 0 Å². The molecule has 0 aromatic carbocycles. The molecule has 0 spiro atoms. The Morgan fingerprint density at radius 1 is 1.46 bits per heavy atom. The molecule has 3 nitrogen and oxygen atoms in total. The smallest absolute Gasteiger partial charge is 0.0554 e. The molecule has 0 aromatic rings. The lowest BCUT2D eigenvalue weighted by Gasteiger charge is -2.35. The molecule has 0 radical (unpaired) electrons. The lowest BCUT2D eigenvalue weighted by atomic mass is 9.81. The molecule has 0 aromatic heterocycles. The van der Waals surface area contributed by atoms with Crippen LogP contribution in [0, 0.1) is 11.8 Å². The molecule has 0 saturated carbocycles. The van der Waals surface area contributed by atoms with Gasteiger partial charge in [-0.1, -0.05) is 0 Å². The third kappa shape index (κ3) is 2.93. The minimum absolute atomic E-state index is 0.251. The Kier molecular flexibility index (Phi) is 4.16. The molecule has 1 aliphatic heterocycles. The second-order valence-electron chi connectivity index (χ2n) is 4.28. The first-order valence-electron chi connectivity index (χ1n) is 5.21. The first kappa shape index (κ1) is 11.0. The van der Waals surface area contributed by atoms with Gasteiger partial charge < -0.3 is 15.7 Å². The normalized spacial score (nSPS) is 25.8. The summed E-state index contributed by atoms with van der Waals surface area (Å²) in [6, 6.07) is 0. The summed E-state index contributed by atoms with van der Waals surface area (Å²) in [5, 5.41) is 9.54. The zero-order chi connectivity index (χ0) is 9.84. The molecule has 1 heterocycles. The number of aliphatic hydroxyl groups is 1. The van der Waals surface area contributed by atoms with Gasteiger partial charge in [0.2, 0.25) is 0 Å². The van der Waals surface area contributed by atoms with Crippen molar-refractivity contribution >= 4 is 0 Å². The fraction of sp³-hybridized carbons (Fsp3) is 1.00. The standard InChI is InChI=1S/C10H22N2O/c1-8(13)10(7-11)9-3-5-12(2)6-4-9/h8-10,13H,3-7,11H2,1-2H3. The molecule has 1 aliphatic rings. The van der Waals surface area contributed by atoms with Gasteiger partial charge >= 0.3 is 0 Å². The van der Waals surface area contributed by atoms with Gasteiger partial charge in [-0.15, -0.1) is 0 Å². The van der Waals surface area contributed by atoms with E-state index in [0.29, 0.717) is 18.4 Å². The van der Waals surface area contributed by atoms with Gasteiger partial charge in [0, 0.05) is 0 Å². The third-order valence-electron chi connectivity index (χ3n) is 3.26. The van der Waals surface area contributed by atoms with Crippen molar-refractivity contribution in [3.8, 4) is 0 Å². The molecule has 0 aliphatic carbocycles. The van der Waals surface area contributed by atoms with Crippen molar-refractivity contribution < 1.29 is 5.11 Å². The average Bonchev–Trinajstić information content (AvgIpc) is 2.09. The summed E-state index contributed by atoms with van der Waals surface area (Å²) in [5.74, 6) is 0.926. The van der Waals surface area contributed by atoms with Gasteiger partial charge in [0.25, 0.3) is 0 Å². The second-order valence-corrected chi connectivity index (χ2v) is 4.28. The monoisotopic (exact) mass is 186 g/mol. The Balaban J connectivity index is 2.41. The quantitative estimate of drug-likeness (QED) is 0.666. The summed E-state index contributed by atoms with van der Waals surface area (Å²) in [6.45, 7) is 4.77. The van der Waals surface area contributed by atoms with Crippen LogP contribution in [0.1, 0.15) is 19.8 Å². The van der Waals surface area contributed by atoms with Crippen LogP contribution >= 0.6 is 0 Å². The lowest BCUT2D eigenvalue weighted by molar-refractivity contribution is 0.0641. The number of piperidine rings is 1. The van der Waals surface area contributed by atoms with E-state index in [1.807, 2.05) is 6.92 Å². The van der Waals surface area contributed by atoms with E-state index in [1.54, 1.807) is 0 Å². The van der Waals surface area contributed by atoms with Crippen LogP contribution in [-0.4, -0.2) is 42.8 Å². The van der Waals surface area contributed by atoms with Gasteiger partial charge in [-0.2, -0.15) is 0 Å². The molecule has 1 saturated heterocycles. The van der Waals surface area contributed by atoms with Crippen molar-refractivity contribution in [3.63, 3.8) is 0 Å². The highest BCUT2D eigenvalue weighted by Gasteiger charge is 2.27. The van der Waals surface area contributed by atoms with Gasteiger partial charge in [-0.05, 0) is 58.3 Å². The molecule has 13 heavy (non-hydrogen) atoms. The Labute approximate surface area is 80.9 Å². The zero-order valence-electron chi connectivity index (χ0n) is 8.74. The van der Waals surface area contributed by atoms with Crippen molar-refractivity contribution in [1.82, 2.24) is 4.90 Å². The Morgan fingerprint density at radius 3 is 2.38 bits per heavy atom. The molecular formula is C10H22N2O. The molecule has 0 amide bonds. The van der Waals surface area contributed by atoms with E-state index >= 15 is 0 Å². The lowest BCUT2D eigenvalue weighted by Crippen LogP contribution is -2.39. The maximum Gasteiger partial charge on any atom is 0.0554 e. The molecule has 3 N–H and O–H groups in total. The maximum atomic E-state index is 9.54. The van der Waals surface area contributed by atoms with Crippen LogP contribution in [0.2, 0.25) is 0 Å². The predicted octanol–water partition coefficient (Wildman–Crippen LogP) is 0.284. The van der Waals surface area contributed by atoms with E-state index in [1.165, 1.54) is 12.8 Å². The molecule has 1 fully saturated rings. The van der Waals surface area contributed by atoms with Gasteiger partial charge in [-0.3, -0.25) is 0 Å². The van der Waals surface area contributed by atoms with Crippen LogP contribution in [0.15, 0.2) is 0 Å². The van der Waals surface area contributed by atoms with Crippen molar-refractivity contribution in [1.29, 1.82) is 0 Å². The number of rotatable bonds is 3. The zero-order valence-corrected chi connectivity index (χ0v) is 8.74. The van der Waals surface area contributed by atoms with Crippen molar-refractivity contribution in [3.05, 3.63) is 0 Å². The van der Waals surface area contributed by atoms with Crippen molar-refractivity contribution in [2.75, 3.05) is 26.7 Å². The summed E-state index contributed by atoms with van der Waals surface area (Å²) in [5.41, 5.74) is 5.67. The molecule has 2 atom stereocenters. The summed E-state index contributed by atoms with van der Waals surface area (Å²) >= 11 is 0. The van der Waals surface area contributed by atoms with Crippen LogP contribution < -0.4 is 5.73 Å². The van der Waals surface area contributed by atoms with Crippen LogP contribution in [0.25, 0.3) is 0 Å². The first-order chi connectivity index (χ1) is 6.15. The highest BCUT2D eigenvalue weighted by molar-refractivity contribution is 4.79. The summed E-state index contributed by atoms with van der Waals surface area (Å²) in [6.07, 6.45) is 2.12. The van der Waals surface area contributed by atoms with Gasteiger partial charge in [0.05, 0.1) is 6.10 Å². The van der Waals surface area contributed by atoms with E-state index in [0.717, 1.165) is 13.1 Å². The first-order valence-corrected chi connectivity index (χ1v) is 5.21. The van der Waals surface area contributed by atoms with E-state index < -0.39 is 0 Å². The Hall–Kier alpha value is -0.120. The van der Waals surface area contributed by atoms with E-state index in [-0.39, 0.29) is 6.10 Å². The number of hydrogen-bond acceptors (Lipinski definition) is 3. The highest BCUT2D eigenvalue weighted by atomic mass is 16.3. The number of nitrogens with two attached hydrogens (primary N) is 1. The SMILES string of the molecule is CC(O)C(CN)C1CCN(C)CC1. The fourth-order valence-electron chi connectivity index (χ4n) is 2.24. The minimum Gasteiger partial charge on any atom is -0.393 e. The summed E-state index contributed by atoms with van der Waals surface area (Å²) in [4.78, 5) is 2.34. The number of nitrogens with zero attached hydrogens (tertiary/aromatic N) is 1. The van der Waals surface area contributed by atoms with Gasteiger partial charge in [0.1, 0.15) is 0 Å². The fourth-order valence-corrected chi connectivity index (χ4v) is 2.24. The second kappa shape index (κ2) is 4.94. The Morgan fingerprint density at radius 2 is 2.00 bits per heavy atom. The largest absolute Gasteiger partial charge is 0.393 e. The van der Waals surface area contributed by atoms with Crippen molar-refractivity contribution in [2.45, 2.75) is 25.9 Å². The van der Waals surface area contributed by atoms with Crippen molar-refractivity contribution in [2.24, 2.45) is 17.6 Å². The molecule has 3 heteroatoms. The minimum atomic E-state index is -0.251. The number of hydrogen-bond donors (Lipinski definition) is 2. The predicted molar refractivity (Wildman–Crippen MR) is 54.4 cm³/mol. The van der Waals surface area contributed by atoms with E-state index in [9.17, 15) is 5.11 Å². The van der Waals surface area contributed by atoms with E-state index in [4.69, 9.17) is 5.73 Å². The average molecular weight is 186 g/mol. The topological polar surface area (TPSA) is 49.5 Å². The molecule has 2 unspecified atom stereocenters. The molecule has 0 bridgehead atoms. The van der Waals surface area contributed by atoms with Gasteiger partial charge in [-0.25, -0.2) is 0 Å². The summed E-state index contributed by atoms with van der Waals surface area (Å²) in [7, 11) is 2.15. The van der Waals surface area contributed by atoms with Crippen LogP contribution in [0.4, 0.5) is 0 Å². The molecule has 1 rings (SSSR count). The Bertz CT molecular complexity index is 142. The third-order valence-corrected chi connectivity index (χ3v) is 3.26. The van der Waals surface area contributed by atoms with Crippen LogP contribution in [0.5, 0.6) is 0 Å². The highest BCUT2D eigenvalue weighted by Crippen LogP contribution is 2.26. The number of aliphatic hydroxyl groups excluding tert-OH is 1. The molecule has 78 valence electrons. The van der Waals surface area contributed by atoms with Crippen LogP contribution in [0.3, 0.4) is 0 Å². The molecular weight excluding hydrogens is 164 g/mol. The summed E-state index contributed by atoms with van der Waals surface area (Å²) < 4.78 is 0. The number of likely N-dealkylation sites (tertiary alicyclic amines) is 1. The van der Waals surface area contributed by atoms with Crippen LogP contribution in [-0.2, 0) is 0 Å².